The Kier molecular flexibility index (Phi) is 4.86. The van der Waals surface area contributed by atoms with Gasteiger partial charge in [0.1, 0.15) is 0 Å². The molecule has 14 heavy (non-hydrogen) atoms. The molecule has 1 rings (SSSR count). The maximum absolute atomic E-state index is 11.2. The molecular formula is C9H19N3O2. The summed E-state index contributed by atoms with van der Waals surface area (Å²) < 4.78 is 4.96. The normalized spacial score (nSPS) is 20.6. The van der Waals surface area contributed by atoms with Crippen LogP contribution in [-0.2, 0) is 9.53 Å². The Bertz CT molecular complexity index is 181. The van der Waals surface area contributed by atoms with Gasteiger partial charge in [0.15, 0.2) is 0 Å². The number of nitrogens with one attached hydrogen (secondary N) is 1. The smallest absolute Gasteiger partial charge is 0.234 e. The van der Waals surface area contributed by atoms with Crippen LogP contribution in [0.15, 0.2) is 0 Å². The molecular weight excluding hydrogens is 182 g/mol. The monoisotopic (exact) mass is 201 g/mol. The maximum atomic E-state index is 11.2. The number of carbonyl (C=O) groups excluding carboxylic acids is 1. The highest BCUT2D eigenvalue weighted by atomic mass is 16.5. The molecule has 1 heterocycles. The molecule has 0 saturated carbocycles. The van der Waals surface area contributed by atoms with E-state index in [0.29, 0.717) is 13.0 Å². The quantitative estimate of drug-likeness (QED) is 0.585. The minimum Gasteiger partial charge on any atom is -0.385 e. The highest BCUT2D eigenvalue weighted by molar-refractivity contribution is 5.79. The molecule has 3 N–H and O–H groups in total. The number of rotatable bonds is 5. The molecule has 5 heteroatoms. The van der Waals surface area contributed by atoms with Crippen LogP contribution in [0.25, 0.3) is 0 Å². The Morgan fingerprint density at radius 2 is 2.21 bits per heavy atom. The van der Waals surface area contributed by atoms with Gasteiger partial charge in [0.05, 0.1) is 6.04 Å². The lowest BCUT2D eigenvalue weighted by atomic mass is 10.1. The Balaban J connectivity index is 2.43. The van der Waals surface area contributed by atoms with Crippen LogP contribution in [0.2, 0.25) is 0 Å². The minimum atomic E-state index is -0.246. The molecule has 0 aromatic rings. The molecule has 82 valence electrons. The summed E-state index contributed by atoms with van der Waals surface area (Å²) in [5.74, 6) is -0.246. The fraction of sp³-hybridized carbons (Fsp3) is 0.889. The van der Waals surface area contributed by atoms with E-state index >= 15 is 0 Å². The van der Waals surface area contributed by atoms with Gasteiger partial charge in [-0.3, -0.25) is 9.69 Å². The number of hydrogen-bond acceptors (Lipinski definition) is 4. The molecule has 1 amide bonds. The number of nitrogens with zero attached hydrogens (tertiary/aromatic N) is 1. The first kappa shape index (κ1) is 11.4. The molecule has 0 spiro atoms. The summed E-state index contributed by atoms with van der Waals surface area (Å²) in [5.41, 5.74) is 5.35. The van der Waals surface area contributed by atoms with E-state index in [0.717, 1.165) is 26.2 Å². The van der Waals surface area contributed by atoms with Crippen molar-refractivity contribution in [1.82, 2.24) is 10.2 Å². The molecule has 1 aliphatic rings. The SMILES string of the molecule is COCCC(C(N)=O)N1CCNCC1. The van der Waals surface area contributed by atoms with Crippen LogP contribution in [0.4, 0.5) is 0 Å². The second kappa shape index (κ2) is 5.95. The first-order valence-electron chi connectivity index (χ1n) is 4.98. The van der Waals surface area contributed by atoms with E-state index in [1.54, 1.807) is 7.11 Å². The summed E-state index contributed by atoms with van der Waals surface area (Å²) in [5, 5.41) is 3.24. The van der Waals surface area contributed by atoms with Gasteiger partial charge in [-0.1, -0.05) is 0 Å². The van der Waals surface area contributed by atoms with Crippen molar-refractivity contribution < 1.29 is 9.53 Å². The average molecular weight is 201 g/mol. The van der Waals surface area contributed by atoms with E-state index in [2.05, 4.69) is 10.2 Å². The number of methoxy groups -OCH3 is 1. The summed E-state index contributed by atoms with van der Waals surface area (Å²) in [4.78, 5) is 13.3. The van der Waals surface area contributed by atoms with Crippen LogP contribution in [0.5, 0.6) is 0 Å². The first-order chi connectivity index (χ1) is 6.75. The number of amides is 1. The number of carbonyl (C=O) groups is 1. The van der Waals surface area contributed by atoms with Crippen LogP contribution >= 0.6 is 0 Å². The van der Waals surface area contributed by atoms with Gasteiger partial charge in [0.2, 0.25) is 5.91 Å². The van der Waals surface area contributed by atoms with Crippen LogP contribution in [0.3, 0.4) is 0 Å². The van der Waals surface area contributed by atoms with Gasteiger partial charge in [-0.25, -0.2) is 0 Å². The van der Waals surface area contributed by atoms with Gasteiger partial charge in [-0.2, -0.15) is 0 Å². The molecule has 1 aliphatic heterocycles. The number of piperazine rings is 1. The summed E-state index contributed by atoms with van der Waals surface area (Å²) in [6.07, 6.45) is 0.686. The van der Waals surface area contributed by atoms with Crippen molar-refractivity contribution in [3.05, 3.63) is 0 Å². The van der Waals surface area contributed by atoms with Crippen molar-refractivity contribution in [2.45, 2.75) is 12.5 Å². The lowest BCUT2D eigenvalue weighted by Crippen LogP contribution is -2.53. The molecule has 1 saturated heterocycles. The largest absolute Gasteiger partial charge is 0.385 e. The number of primary amides is 1. The second-order valence-corrected chi connectivity index (χ2v) is 3.49. The van der Waals surface area contributed by atoms with E-state index in [1.807, 2.05) is 0 Å². The standard InChI is InChI=1S/C9H19N3O2/c1-14-7-2-8(9(10)13)12-5-3-11-4-6-12/h8,11H,2-7H2,1H3,(H2,10,13). The van der Waals surface area contributed by atoms with Crippen molar-refractivity contribution >= 4 is 5.91 Å². The van der Waals surface area contributed by atoms with Gasteiger partial charge in [0.25, 0.3) is 0 Å². The molecule has 5 nitrogen and oxygen atoms in total. The lowest BCUT2D eigenvalue weighted by Gasteiger charge is -2.32. The van der Waals surface area contributed by atoms with Gasteiger partial charge >= 0.3 is 0 Å². The molecule has 0 aromatic carbocycles. The molecule has 0 radical (unpaired) electrons. The lowest BCUT2D eigenvalue weighted by molar-refractivity contribution is -0.124. The maximum Gasteiger partial charge on any atom is 0.234 e. The zero-order valence-corrected chi connectivity index (χ0v) is 8.66. The van der Waals surface area contributed by atoms with E-state index in [1.165, 1.54) is 0 Å². The molecule has 1 fully saturated rings. The molecule has 0 aromatic heterocycles. The van der Waals surface area contributed by atoms with E-state index in [-0.39, 0.29) is 11.9 Å². The van der Waals surface area contributed by atoms with Crippen molar-refractivity contribution in [3.8, 4) is 0 Å². The van der Waals surface area contributed by atoms with Crippen LogP contribution < -0.4 is 11.1 Å². The first-order valence-corrected chi connectivity index (χ1v) is 4.98. The van der Waals surface area contributed by atoms with Crippen LogP contribution in [0.1, 0.15) is 6.42 Å². The summed E-state index contributed by atoms with van der Waals surface area (Å²) in [6, 6.07) is -0.169. The van der Waals surface area contributed by atoms with Gasteiger partial charge in [-0.15, -0.1) is 0 Å². The van der Waals surface area contributed by atoms with E-state index < -0.39 is 0 Å². The number of hydrogen-bond donors (Lipinski definition) is 2. The van der Waals surface area contributed by atoms with Gasteiger partial charge in [0, 0.05) is 39.9 Å². The number of ether oxygens (including phenoxy) is 1. The van der Waals surface area contributed by atoms with Crippen molar-refractivity contribution in [3.63, 3.8) is 0 Å². The van der Waals surface area contributed by atoms with Gasteiger partial charge in [-0.05, 0) is 6.42 Å². The molecule has 0 aliphatic carbocycles. The Morgan fingerprint density at radius 3 is 2.71 bits per heavy atom. The summed E-state index contributed by atoms with van der Waals surface area (Å²) in [6.45, 7) is 4.21. The number of nitrogens with two attached hydrogens (primary N) is 1. The molecule has 1 unspecified atom stereocenters. The van der Waals surface area contributed by atoms with E-state index in [9.17, 15) is 4.79 Å². The van der Waals surface area contributed by atoms with Crippen molar-refractivity contribution in [1.29, 1.82) is 0 Å². The van der Waals surface area contributed by atoms with Gasteiger partial charge < -0.3 is 15.8 Å². The second-order valence-electron chi connectivity index (χ2n) is 3.49. The van der Waals surface area contributed by atoms with E-state index in [4.69, 9.17) is 10.5 Å². The van der Waals surface area contributed by atoms with Crippen molar-refractivity contribution in [2.75, 3.05) is 39.9 Å². The predicted octanol–water partition coefficient (Wildman–Crippen LogP) is -1.22. The fourth-order valence-electron chi connectivity index (χ4n) is 1.73. The Labute approximate surface area is 84.6 Å². The molecule has 0 bridgehead atoms. The third kappa shape index (κ3) is 3.25. The zero-order chi connectivity index (χ0) is 10.4. The topological polar surface area (TPSA) is 67.6 Å². The highest BCUT2D eigenvalue weighted by Gasteiger charge is 2.24. The minimum absolute atomic E-state index is 0.169. The average Bonchev–Trinajstić information content (AvgIpc) is 2.19. The van der Waals surface area contributed by atoms with Crippen LogP contribution in [0, 0.1) is 0 Å². The summed E-state index contributed by atoms with van der Waals surface area (Å²) in [7, 11) is 1.63. The fourth-order valence-corrected chi connectivity index (χ4v) is 1.73. The zero-order valence-electron chi connectivity index (χ0n) is 8.66. The highest BCUT2D eigenvalue weighted by Crippen LogP contribution is 2.05. The van der Waals surface area contributed by atoms with Crippen molar-refractivity contribution in [2.24, 2.45) is 5.73 Å². The predicted molar refractivity (Wildman–Crippen MR) is 53.9 cm³/mol. The summed E-state index contributed by atoms with van der Waals surface area (Å²) >= 11 is 0. The van der Waals surface area contributed by atoms with Crippen LogP contribution in [-0.4, -0.2) is 56.7 Å². The third-order valence-corrected chi connectivity index (χ3v) is 2.52. The third-order valence-electron chi connectivity index (χ3n) is 2.52. The Morgan fingerprint density at radius 1 is 1.57 bits per heavy atom. The molecule has 1 atom stereocenters. The Hall–Kier alpha value is -0.650.